The lowest BCUT2D eigenvalue weighted by molar-refractivity contribution is 0.00545. The summed E-state index contributed by atoms with van der Waals surface area (Å²) >= 11 is 3.35. The lowest BCUT2D eigenvalue weighted by Gasteiger charge is -2.23. The molecule has 0 unspecified atom stereocenters. The summed E-state index contributed by atoms with van der Waals surface area (Å²) in [6, 6.07) is 0. The van der Waals surface area contributed by atoms with Crippen LogP contribution in [0.4, 0.5) is 5.69 Å². The van der Waals surface area contributed by atoms with Crippen LogP contribution in [0.1, 0.15) is 20.3 Å². The molecule has 90 valence electrons. The lowest BCUT2D eigenvalue weighted by Crippen LogP contribution is -2.25. The number of methoxy groups -OCH3 is 1. The monoisotopic (exact) mass is 288 g/mol. The molecule has 0 saturated heterocycles. The highest BCUT2D eigenvalue weighted by atomic mass is 79.9. The number of nitrogen functional groups attached to an aromatic ring is 1. The SMILES string of the molecule is COC(C)(C)CCOc1c(N)cncc1Br. The molecule has 0 radical (unpaired) electrons. The summed E-state index contributed by atoms with van der Waals surface area (Å²) in [5.41, 5.74) is 6.10. The van der Waals surface area contributed by atoms with Crippen molar-refractivity contribution in [3.05, 3.63) is 16.9 Å². The van der Waals surface area contributed by atoms with Gasteiger partial charge in [0.05, 0.1) is 28.6 Å². The molecule has 0 fully saturated rings. The highest BCUT2D eigenvalue weighted by Gasteiger charge is 2.16. The average Bonchev–Trinajstić information content (AvgIpc) is 2.22. The van der Waals surface area contributed by atoms with Crippen LogP contribution >= 0.6 is 15.9 Å². The van der Waals surface area contributed by atoms with E-state index in [-0.39, 0.29) is 5.60 Å². The van der Waals surface area contributed by atoms with Gasteiger partial charge in [-0.3, -0.25) is 4.98 Å². The largest absolute Gasteiger partial charge is 0.490 e. The zero-order valence-corrected chi connectivity index (χ0v) is 11.4. The van der Waals surface area contributed by atoms with Crippen molar-refractivity contribution in [2.45, 2.75) is 25.9 Å². The van der Waals surface area contributed by atoms with Gasteiger partial charge in [-0.1, -0.05) is 0 Å². The summed E-state index contributed by atoms with van der Waals surface area (Å²) < 4.78 is 11.7. The first-order chi connectivity index (χ1) is 7.46. The van der Waals surface area contributed by atoms with E-state index in [2.05, 4.69) is 20.9 Å². The van der Waals surface area contributed by atoms with Gasteiger partial charge in [0, 0.05) is 19.7 Å². The zero-order chi connectivity index (χ0) is 12.2. The number of pyridine rings is 1. The second kappa shape index (κ2) is 5.50. The van der Waals surface area contributed by atoms with Gasteiger partial charge in [-0.15, -0.1) is 0 Å². The minimum atomic E-state index is -0.186. The fourth-order valence-corrected chi connectivity index (χ4v) is 1.55. The number of halogens is 1. The van der Waals surface area contributed by atoms with Crippen molar-refractivity contribution in [3.63, 3.8) is 0 Å². The van der Waals surface area contributed by atoms with Crippen LogP contribution in [-0.4, -0.2) is 24.3 Å². The Labute approximate surface area is 104 Å². The first kappa shape index (κ1) is 13.3. The number of anilines is 1. The van der Waals surface area contributed by atoms with E-state index < -0.39 is 0 Å². The highest BCUT2D eigenvalue weighted by molar-refractivity contribution is 9.10. The van der Waals surface area contributed by atoms with E-state index in [0.29, 0.717) is 18.0 Å². The van der Waals surface area contributed by atoms with Gasteiger partial charge >= 0.3 is 0 Å². The van der Waals surface area contributed by atoms with Crippen molar-refractivity contribution in [1.82, 2.24) is 4.98 Å². The Morgan fingerprint density at radius 3 is 2.69 bits per heavy atom. The van der Waals surface area contributed by atoms with Crippen molar-refractivity contribution < 1.29 is 9.47 Å². The number of nitrogens with zero attached hydrogens (tertiary/aromatic N) is 1. The standard InChI is InChI=1S/C11H17BrN2O2/c1-11(2,15-3)4-5-16-10-8(12)6-14-7-9(10)13/h6-7H,4-5,13H2,1-3H3. The van der Waals surface area contributed by atoms with Crippen molar-refractivity contribution >= 4 is 21.6 Å². The van der Waals surface area contributed by atoms with E-state index in [1.54, 1.807) is 19.5 Å². The molecule has 1 heterocycles. The molecule has 0 amide bonds. The van der Waals surface area contributed by atoms with Crippen LogP contribution in [-0.2, 0) is 4.74 Å². The molecule has 4 nitrogen and oxygen atoms in total. The van der Waals surface area contributed by atoms with Gasteiger partial charge in [0.2, 0.25) is 0 Å². The minimum absolute atomic E-state index is 0.186. The third-order valence-corrected chi connectivity index (χ3v) is 2.95. The minimum Gasteiger partial charge on any atom is -0.490 e. The van der Waals surface area contributed by atoms with Gasteiger partial charge in [0.1, 0.15) is 0 Å². The van der Waals surface area contributed by atoms with Gasteiger partial charge in [0.25, 0.3) is 0 Å². The Kier molecular flexibility index (Phi) is 4.56. The van der Waals surface area contributed by atoms with E-state index in [9.17, 15) is 0 Å². The van der Waals surface area contributed by atoms with Gasteiger partial charge < -0.3 is 15.2 Å². The summed E-state index contributed by atoms with van der Waals surface area (Å²) in [4.78, 5) is 3.94. The molecule has 0 saturated carbocycles. The average molecular weight is 289 g/mol. The third-order valence-electron chi connectivity index (χ3n) is 2.38. The van der Waals surface area contributed by atoms with E-state index >= 15 is 0 Å². The van der Waals surface area contributed by atoms with Crippen LogP contribution in [0.25, 0.3) is 0 Å². The number of ether oxygens (including phenoxy) is 2. The topological polar surface area (TPSA) is 57.4 Å². The van der Waals surface area contributed by atoms with E-state index in [1.807, 2.05) is 13.8 Å². The lowest BCUT2D eigenvalue weighted by atomic mass is 10.1. The molecule has 16 heavy (non-hydrogen) atoms. The molecule has 0 aliphatic rings. The van der Waals surface area contributed by atoms with Crippen molar-refractivity contribution in [1.29, 1.82) is 0 Å². The summed E-state index contributed by atoms with van der Waals surface area (Å²) in [7, 11) is 1.69. The van der Waals surface area contributed by atoms with Gasteiger partial charge in [-0.25, -0.2) is 0 Å². The molecule has 1 aromatic heterocycles. The molecule has 0 spiro atoms. The molecule has 0 aromatic carbocycles. The molecule has 1 aromatic rings. The molecule has 0 aliphatic carbocycles. The molecule has 2 N–H and O–H groups in total. The Bertz CT molecular complexity index is 336. The summed E-state index contributed by atoms with van der Waals surface area (Å²) in [6.07, 6.45) is 4.02. The summed E-state index contributed by atoms with van der Waals surface area (Å²) in [5.74, 6) is 0.641. The van der Waals surface area contributed by atoms with Gasteiger partial charge in [-0.05, 0) is 29.8 Å². The Balaban J connectivity index is 2.56. The summed E-state index contributed by atoms with van der Waals surface area (Å²) in [5, 5.41) is 0. The predicted octanol–water partition coefficient (Wildman–Crippen LogP) is 2.62. The molecule has 0 bridgehead atoms. The predicted molar refractivity (Wildman–Crippen MR) is 67.5 cm³/mol. The van der Waals surface area contributed by atoms with Crippen LogP contribution < -0.4 is 10.5 Å². The summed E-state index contributed by atoms with van der Waals surface area (Å²) in [6.45, 7) is 4.58. The highest BCUT2D eigenvalue weighted by Crippen LogP contribution is 2.30. The van der Waals surface area contributed by atoms with Crippen molar-refractivity contribution in [2.24, 2.45) is 0 Å². The van der Waals surface area contributed by atoms with Crippen molar-refractivity contribution in [2.75, 3.05) is 19.5 Å². The van der Waals surface area contributed by atoms with Crippen LogP contribution in [0.5, 0.6) is 5.75 Å². The molecule has 0 aliphatic heterocycles. The number of aromatic nitrogens is 1. The number of nitrogens with two attached hydrogens (primary N) is 1. The number of hydrogen-bond acceptors (Lipinski definition) is 4. The van der Waals surface area contributed by atoms with Crippen molar-refractivity contribution in [3.8, 4) is 5.75 Å². The van der Waals surface area contributed by atoms with Crippen LogP contribution in [0.15, 0.2) is 16.9 Å². The van der Waals surface area contributed by atoms with Crippen LogP contribution in [0.3, 0.4) is 0 Å². The fraction of sp³-hybridized carbons (Fsp3) is 0.545. The molecular formula is C11H17BrN2O2. The van der Waals surface area contributed by atoms with Gasteiger partial charge in [0.15, 0.2) is 5.75 Å². The molecule has 1 rings (SSSR count). The molecule has 5 heteroatoms. The van der Waals surface area contributed by atoms with E-state index in [0.717, 1.165) is 10.9 Å². The van der Waals surface area contributed by atoms with E-state index in [1.165, 1.54) is 0 Å². The molecular weight excluding hydrogens is 272 g/mol. The maximum atomic E-state index is 5.75. The van der Waals surface area contributed by atoms with Crippen LogP contribution in [0, 0.1) is 0 Å². The maximum absolute atomic E-state index is 5.75. The first-order valence-corrected chi connectivity index (χ1v) is 5.82. The maximum Gasteiger partial charge on any atom is 0.159 e. The fourth-order valence-electron chi connectivity index (χ4n) is 1.09. The second-order valence-electron chi connectivity index (χ2n) is 4.10. The molecule has 0 atom stereocenters. The Hall–Kier alpha value is -0.810. The third kappa shape index (κ3) is 3.64. The first-order valence-electron chi connectivity index (χ1n) is 5.03. The second-order valence-corrected chi connectivity index (χ2v) is 4.96. The smallest absolute Gasteiger partial charge is 0.159 e. The number of rotatable bonds is 5. The zero-order valence-electron chi connectivity index (χ0n) is 9.79. The quantitative estimate of drug-likeness (QED) is 0.905. The Morgan fingerprint density at radius 1 is 1.44 bits per heavy atom. The van der Waals surface area contributed by atoms with Gasteiger partial charge in [-0.2, -0.15) is 0 Å². The normalized spacial score (nSPS) is 11.5. The van der Waals surface area contributed by atoms with E-state index in [4.69, 9.17) is 15.2 Å². The number of hydrogen-bond donors (Lipinski definition) is 1. The van der Waals surface area contributed by atoms with Crippen LogP contribution in [0.2, 0.25) is 0 Å². The Morgan fingerprint density at radius 2 is 2.12 bits per heavy atom.